The van der Waals surface area contributed by atoms with Crippen molar-refractivity contribution in [2.75, 3.05) is 6.54 Å². The van der Waals surface area contributed by atoms with Crippen molar-refractivity contribution in [1.29, 1.82) is 5.26 Å². The van der Waals surface area contributed by atoms with Gasteiger partial charge in [-0.1, -0.05) is 0 Å². The van der Waals surface area contributed by atoms with Gasteiger partial charge in [0, 0.05) is 12.6 Å². The number of hydrogen-bond donors (Lipinski definition) is 1. The average Bonchev–Trinajstić information content (AvgIpc) is 2.39. The van der Waals surface area contributed by atoms with E-state index in [1.54, 1.807) is 13.0 Å². The second kappa shape index (κ2) is 6.35. The van der Waals surface area contributed by atoms with Crippen LogP contribution in [0.2, 0.25) is 0 Å². The monoisotopic (exact) mass is 263 g/mol. The molecular weight excluding hydrogens is 250 g/mol. The molecule has 0 bridgehead atoms. The first-order chi connectivity index (χ1) is 8.99. The van der Waals surface area contributed by atoms with Crippen molar-refractivity contribution in [3.8, 4) is 11.8 Å². The normalized spacial score (nSPS) is 11.2. The fraction of sp³-hybridized carbons (Fsp3) is 0.333. The Bertz CT molecular complexity index is 536. The van der Waals surface area contributed by atoms with Crippen LogP contribution in [0.4, 0.5) is 5.69 Å². The molecule has 1 rings (SSSR count). The number of amides is 1. The first kappa shape index (κ1) is 14.4. The highest BCUT2D eigenvalue weighted by Gasteiger charge is 2.21. The van der Waals surface area contributed by atoms with E-state index in [4.69, 9.17) is 10.00 Å². The number of rotatable bonds is 5. The van der Waals surface area contributed by atoms with Crippen molar-refractivity contribution < 1.29 is 14.5 Å². The molecule has 19 heavy (non-hydrogen) atoms. The Hall–Kier alpha value is -2.62. The minimum Gasteiger partial charge on any atom is -0.474 e. The number of nitrogens with one attached hydrogen (secondary N) is 1. The molecule has 0 saturated heterocycles. The Morgan fingerprint density at radius 2 is 2.32 bits per heavy atom. The second-order valence-electron chi connectivity index (χ2n) is 3.71. The number of likely N-dealkylation sites (N-methyl/N-ethyl adjacent to an activating group) is 1. The van der Waals surface area contributed by atoms with Crippen LogP contribution in [-0.4, -0.2) is 23.5 Å². The molecule has 0 fully saturated rings. The van der Waals surface area contributed by atoms with Gasteiger partial charge < -0.3 is 10.1 Å². The van der Waals surface area contributed by atoms with Crippen molar-refractivity contribution >= 4 is 11.6 Å². The van der Waals surface area contributed by atoms with Crippen LogP contribution >= 0.6 is 0 Å². The van der Waals surface area contributed by atoms with E-state index in [0.29, 0.717) is 6.54 Å². The number of ether oxygens (including phenoxy) is 1. The largest absolute Gasteiger partial charge is 0.474 e. The number of carbonyl (C=O) groups is 1. The van der Waals surface area contributed by atoms with E-state index in [-0.39, 0.29) is 22.9 Å². The van der Waals surface area contributed by atoms with Gasteiger partial charge in [0.1, 0.15) is 0 Å². The van der Waals surface area contributed by atoms with Crippen LogP contribution in [0.3, 0.4) is 0 Å². The zero-order valence-corrected chi connectivity index (χ0v) is 10.5. The van der Waals surface area contributed by atoms with Crippen LogP contribution in [0.5, 0.6) is 5.75 Å². The summed E-state index contributed by atoms with van der Waals surface area (Å²) in [7, 11) is 0. The molecule has 0 aliphatic carbocycles. The molecule has 1 unspecified atom stereocenters. The third-order valence-electron chi connectivity index (χ3n) is 2.31. The summed E-state index contributed by atoms with van der Waals surface area (Å²) in [5, 5.41) is 22.1. The van der Waals surface area contributed by atoms with Crippen LogP contribution in [0, 0.1) is 21.4 Å². The van der Waals surface area contributed by atoms with Crippen molar-refractivity contribution in [2.24, 2.45) is 0 Å². The first-order valence-electron chi connectivity index (χ1n) is 5.62. The van der Waals surface area contributed by atoms with Gasteiger partial charge in [-0.25, -0.2) is 0 Å². The maximum Gasteiger partial charge on any atom is 0.312 e. The molecule has 0 aliphatic heterocycles. The van der Waals surface area contributed by atoms with Crippen LogP contribution < -0.4 is 10.1 Å². The SMILES string of the molecule is CCNC(=O)C(C)Oc1ccc(C#N)cc1[N+](=O)[O-]. The van der Waals surface area contributed by atoms with Crippen molar-refractivity contribution in [3.63, 3.8) is 0 Å². The summed E-state index contributed by atoms with van der Waals surface area (Å²) in [5.74, 6) is -0.399. The highest BCUT2D eigenvalue weighted by Crippen LogP contribution is 2.28. The van der Waals surface area contributed by atoms with Crippen molar-refractivity contribution in [3.05, 3.63) is 33.9 Å². The summed E-state index contributed by atoms with van der Waals surface area (Å²) in [6, 6.07) is 5.62. The average molecular weight is 263 g/mol. The predicted octanol–water partition coefficient (Wildman–Crippen LogP) is 1.37. The molecule has 1 aromatic carbocycles. The van der Waals surface area contributed by atoms with E-state index in [0.717, 1.165) is 6.07 Å². The summed E-state index contributed by atoms with van der Waals surface area (Å²) in [4.78, 5) is 21.7. The highest BCUT2D eigenvalue weighted by molar-refractivity contribution is 5.80. The quantitative estimate of drug-likeness (QED) is 0.638. The topological polar surface area (TPSA) is 105 Å². The summed E-state index contributed by atoms with van der Waals surface area (Å²) < 4.78 is 5.26. The second-order valence-corrected chi connectivity index (χ2v) is 3.71. The Labute approximate surface area is 109 Å². The molecule has 1 aromatic rings. The number of nitro benzene ring substituents is 1. The lowest BCUT2D eigenvalue weighted by Gasteiger charge is -2.13. The van der Waals surface area contributed by atoms with Gasteiger partial charge in [-0.2, -0.15) is 5.26 Å². The maximum absolute atomic E-state index is 11.5. The van der Waals surface area contributed by atoms with Gasteiger partial charge in [0.15, 0.2) is 11.9 Å². The molecule has 100 valence electrons. The smallest absolute Gasteiger partial charge is 0.312 e. The third kappa shape index (κ3) is 3.67. The molecule has 0 radical (unpaired) electrons. The zero-order valence-electron chi connectivity index (χ0n) is 10.5. The fourth-order valence-corrected chi connectivity index (χ4v) is 1.39. The molecule has 7 heteroatoms. The lowest BCUT2D eigenvalue weighted by atomic mass is 10.2. The molecule has 0 saturated carbocycles. The number of hydrogen-bond acceptors (Lipinski definition) is 5. The van der Waals surface area contributed by atoms with Crippen LogP contribution in [0.1, 0.15) is 19.4 Å². The maximum atomic E-state index is 11.5. The lowest BCUT2D eigenvalue weighted by molar-refractivity contribution is -0.386. The third-order valence-corrected chi connectivity index (χ3v) is 2.31. The minimum atomic E-state index is -0.855. The van der Waals surface area contributed by atoms with E-state index in [2.05, 4.69) is 5.32 Å². The molecule has 0 heterocycles. The van der Waals surface area contributed by atoms with E-state index in [9.17, 15) is 14.9 Å². The summed E-state index contributed by atoms with van der Waals surface area (Å²) in [5.41, 5.74) is -0.181. The van der Waals surface area contributed by atoms with Crippen LogP contribution in [0.25, 0.3) is 0 Å². The Kier molecular flexibility index (Phi) is 4.83. The Morgan fingerprint density at radius 1 is 1.63 bits per heavy atom. The predicted molar refractivity (Wildman–Crippen MR) is 66.6 cm³/mol. The molecule has 1 atom stereocenters. The molecule has 0 spiro atoms. The number of nitro groups is 1. The van der Waals surface area contributed by atoms with Gasteiger partial charge in [0.2, 0.25) is 0 Å². The Balaban J connectivity index is 2.98. The molecular formula is C12H13N3O4. The Morgan fingerprint density at radius 3 is 2.84 bits per heavy atom. The van der Waals surface area contributed by atoms with Crippen LogP contribution in [-0.2, 0) is 4.79 Å². The summed E-state index contributed by atoms with van der Waals surface area (Å²) in [6.45, 7) is 3.70. The van der Waals surface area contributed by atoms with Gasteiger partial charge in [-0.3, -0.25) is 14.9 Å². The molecule has 7 nitrogen and oxygen atoms in total. The molecule has 0 aromatic heterocycles. The summed E-state index contributed by atoms with van der Waals surface area (Å²) in [6.07, 6.45) is -0.855. The summed E-state index contributed by atoms with van der Waals surface area (Å²) >= 11 is 0. The van der Waals surface area contributed by atoms with E-state index in [1.807, 2.05) is 0 Å². The van der Waals surface area contributed by atoms with Gasteiger partial charge in [0.25, 0.3) is 5.91 Å². The van der Waals surface area contributed by atoms with Crippen molar-refractivity contribution in [2.45, 2.75) is 20.0 Å². The molecule has 0 aliphatic rings. The number of nitriles is 1. The van der Waals surface area contributed by atoms with Gasteiger partial charge >= 0.3 is 5.69 Å². The molecule has 1 amide bonds. The van der Waals surface area contributed by atoms with Gasteiger partial charge in [0.05, 0.1) is 16.6 Å². The highest BCUT2D eigenvalue weighted by atomic mass is 16.6. The first-order valence-corrected chi connectivity index (χ1v) is 5.62. The lowest BCUT2D eigenvalue weighted by Crippen LogP contribution is -2.36. The van der Waals surface area contributed by atoms with Crippen LogP contribution in [0.15, 0.2) is 18.2 Å². The van der Waals surface area contributed by atoms with E-state index in [1.165, 1.54) is 19.1 Å². The number of carbonyl (C=O) groups excluding carboxylic acids is 1. The number of benzene rings is 1. The number of nitrogens with zero attached hydrogens (tertiary/aromatic N) is 2. The molecule has 1 N–H and O–H groups in total. The van der Waals surface area contributed by atoms with E-state index >= 15 is 0 Å². The van der Waals surface area contributed by atoms with E-state index < -0.39 is 11.0 Å². The zero-order chi connectivity index (χ0) is 14.4. The van der Waals surface area contributed by atoms with Crippen molar-refractivity contribution in [1.82, 2.24) is 5.32 Å². The van der Waals surface area contributed by atoms with Gasteiger partial charge in [-0.15, -0.1) is 0 Å². The fourth-order valence-electron chi connectivity index (χ4n) is 1.39. The van der Waals surface area contributed by atoms with Gasteiger partial charge in [-0.05, 0) is 26.0 Å². The standard InChI is InChI=1S/C12H13N3O4/c1-3-14-12(16)8(2)19-11-5-4-9(7-13)6-10(11)15(17)18/h4-6,8H,3H2,1-2H3,(H,14,16). The minimum absolute atomic E-state index is 0.0391.